The third kappa shape index (κ3) is 2.64. The molecule has 2 rings (SSSR count). The van der Waals surface area contributed by atoms with E-state index in [0.717, 1.165) is 38.4 Å². The van der Waals surface area contributed by atoms with E-state index in [1.165, 1.54) is 0 Å². The molecule has 0 spiro atoms. The number of nitrogens with one attached hydrogen (secondary N) is 1. The second kappa shape index (κ2) is 4.68. The number of piperazine rings is 1. The predicted molar refractivity (Wildman–Crippen MR) is 55.2 cm³/mol. The van der Waals surface area contributed by atoms with Crippen molar-refractivity contribution in [1.82, 2.24) is 20.2 Å². The van der Waals surface area contributed by atoms with Crippen molar-refractivity contribution in [3.8, 4) is 0 Å². The lowest BCUT2D eigenvalue weighted by Crippen LogP contribution is -2.43. The van der Waals surface area contributed by atoms with Gasteiger partial charge in [0.05, 0.1) is 5.69 Å². The lowest BCUT2D eigenvalue weighted by atomic mass is 10.3. The summed E-state index contributed by atoms with van der Waals surface area (Å²) in [5.41, 5.74) is 0.993. The number of halogens is 1. The molecule has 1 fully saturated rings. The van der Waals surface area contributed by atoms with Gasteiger partial charge in [0.1, 0.15) is 0 Å². The highest BCUT2D eigenvalue weighted by atomic mass is 35.5. The Morgan fingerprint density at radius 2 is 2.21 bits per heavy atom. The number of aromatic nitrogens is 2. The lowest BCUT2D eigenvalue weighted by Gasteiger charge is -2.26. The van der Waals surface area contributed by atoms with Crippen LogP contribution in [-0.4, -0.2) is 41.0 Å². The predicted octanol–water partition coefficient (Wildman–Crippen LogP) is 0.535. The van der Waals surface area contributed by atoms with Gasteiger partial charge >= 0.3 is 0 Å². The molecule has 76 valence electrons. The lowest BCUT2D eigenvalue weighted by molar-refractivity contribution is 0.230. The Morgan fingerprint density at radius 3 is 2.93 bits per heavy atom. The number of nitrogens with zero attached hydrogens (tertiary/aromatic N) is 3. The van der Waals surface area contributed by atoms with Crippen molar-refractivity contribution in [3.05, 3.63) is 23.2 Å². The minimum Gasteiger partial charge on any atom is -0.314 e. The first-order valence-corrected chi connectivity index (χ1v) is 5.13. The molecule has 0 radical (unpaired) electrons. The Balaban J connectivity index is 1.95. The number of rotatable bonds is 2. The summed E-state index contributed by atoms with van der Waals surface area (Å²) in [6, 6.07) is 1.91. The van der Waals surface area contributed by atoms with Crippen LogP contribution < -0.4 is 5.32 Å². The summed E-state index contributed by atoms with van der Waals surface area (Å²) < 4.78 is 0. The molecule has 0 aliphatic carbocycles. The first kappa shape index (κ1) is 9.83. The zero-order chi connectivity index (χ0) is 9.80. The summed E-state index contributed by atoms with van der Waals surface area (Å²) in [6.07, 6.45) is 1.70. The van der Waals surface area contributed by atoms with Crippen LogP contribution >= 0.6 is 11.6 Å². The highest BCUT2D eigenvalue weighted by Gasteiger charge is 2.10. The third-order valence-electron chi connectivity index (χ3n) is 2.28. The van der Waals surface area contributed by atoms with Crippen LogP contribution in [0.5, 0.6) is 0 Å². The van der Waals surface area contributed by atoms with Gasteiger partial charge in [0.2, 0.25) is 5.28 Å². The summed E-state index contributed by atoms with van der Waals surface area (Å²) in [5, 5.41) is 3.64. The summed E-state index contributed by atoms with van der Waals surface area (Å²) in [7, 11) is 0. The molecule has 1 N–H and O–H groups in total. The molecule has 0 aromatic carbocycles. The molecule has 1 aromatic rings. The van der Waals surface area contributed by atoms with Crippen LogP contribution in [0.3, 0.4) is 0 Å². The average Bonchev–Trinajstić information content (AvgIpc) is 2.19. The fraction of sp³-hybridized carbons (Fsp3) is 0.556. The Morgan fingerprint density at radius 1 is 1.43 bits per heavy atom. The first-order valence-electron chi connectivity index (χ1n) is 4.75. The van der Waals surface area contributed by atoms with Gasteiger partial charge in [-0.05, 0) is 17.7 Å². The van der Waals surface area contributed by atoms with Gasteiger partial charge in [-0.2, -0.15) is 0 Å². The molecule has 1 aliphatic rings. The van der Waals surface area contributed by atoms with E-state index in [-0.39, 0.29) is 0 Å². The smallest absolute Gasteiger partial charge is 0.222 e. The van der Waals surface area contributed by atoms with E-state index in [0.29, 0.717) is 5.28 Å². The van der Waals surface area contributed by atoms with Crippen molar-refractivity contribution in [2.45, 2.75) is 6.54 Å². The molecule has 5 heteroatoms. The minimum absolute atomic E-state index is 0.331. The highest BCUT2D eigenvalue weighted by molar-refractivity contribution is 6.28. The van der Waals surface area contributed by atoms with E-state index in [2.05, 4.69) is 20.2 Å². The number of hydrogen-bond acceptors (Lipinski definition) is 4. The van der Waals surface area contributed by atoms with Gasteiger partial charge in [-0.15, -0.1) is 0 Å². The van der Waals surface area contributed by atoms with Crippen LogP contribution in [0.1, 0.15) is 5.69 Å². The molecular formula is C9H13ClN4. The third-order valence-corrected chi connectivity index (χ3v) is 2.46. The zero-order valence-electron chi connectivity index (χ0n) is 7.91. The van der Waals surface area contributed by atoms with Gasteiger partial charge in [-0.1, -0.05) is 0 Å². The number of hydrogen-bond donors (Lipinski definition) is 1. The molecule has 4 nitrogen and oxygen atoms in total. The van der Waals surface area contributed by atoms with Gasteiger partial charge in [-0.25, -0.2) is 9.97 Å². The maximum absolute atomic E-state index is 5.71. The summed E-state index contributed by atoms with van der Waals surface area (Å²) in [6.45, 7) is 5.12. The summed E-state index contributed by atoms with van der Waals surface area (Å²) in [4.78, 5) is 10.4. The van der Waals surface area contributed by atoms with E-state index in [9.17, 15) is 0 Å². The van der Waals surface area contributed by atoms with Crippen LogP contribution in [-0.2, 0) is 6.54 Å². The van der Waals surface area contributed by atoms with Gasteiger partial charge in [0.15, 0.2) is 0 Å². The Hall–Kier alpha value is -0.710. The standard InChI is InChI=1S/C9H13ClN4/c10-9-12-2-1-8(13-9)7-14-5-3-11-4-6-14/h1-2,11H,3-7H2. The zero-order valence-corrected chi connectivity index (χ0v) is 8.67. The molecule has 1 aliphatic heterocycles. The van der Waals surface area contributed by atoms with Crippen molar-refractivity contribution >= 4 is 11.6 Å². The molecule has 0 bridgehead atoms. The van der Waals surface area contributed by atoms with Crippen LogP contribution in [0.15, 0.2) is 12.3 Å². The molecule has 0 atom stereocenters. The van der Waals surface area contributed by atoms with Crippen molar-refractivity contribution < 1.29 is 0 Å². The monoisotopic (exact) mass is 212 g/mol. The van der Waals surface area contributed by atoms with E-state index >= 15 is 0 Å². The average molecular weight is 213 g/mol. The van der Waals surface area contributed by atoms with Crippen molar-refractivity contribution in [2.75, 3.05) is 26.2 Å². The largest absolute Gasteiger partial charge is 0.314 e. The van der Waals surface area contributed by atoms with Crippen molar-refractivity contribution in [1.29, 1.82) is 0 Å². The molecular weight excluding hydrogens is 200 g/mol. The normalized spacial score (nSPS) is 18.4. The molecule has 0 unspecified atom stereocenters. The molecule has 1 aromatic heterocycles. The molecule has 14 heavy (non-hydrogen) atoms. The summed E-state index contributed by atoms with van der Waals surface area (Å²) in [5.74, 6) is 0. The van der Waals surface area contributed by atoms with Crippen molar-refractivity contribution in [3.63, 3.8) is 0 Å². The summed E-state index contributed by atoms with van der Waals surface area (Å²) >= 11 is 5.71. The Labute approximate surface area is 88.3 Å². The second-order valence-corrected chi connectivity index (χ2v) is 3.68. The van der Waals surface area contributed by atoms with Crippen LogP contribution in [0.4, 0.5) is 0 Å². The highest BCUT2D eigenvalue weighted by Crippen LogP contribution is 2.05. The molecule has 0 amide bonds. The van der Waals surface area contributed by atoms with Crippen LogP contribution in [0.25, 0.3) is 0 Å². The maximum Gasteiger partial charge on any atom is 0.222 e. The van der Waals surface area contributed by atoms with E-state index in [1.54, 1.807) is 6.20 Å². The van der Waals surface area contributed by atoms with Crippen LogP contribution in [0.2, 0.25) is 5.28 Å². The minimum atomic E-state index is 0.331. The fourth-order valence-electron chi connectivity index (χ4n) is 1.56. The Bertz CT molecular complexity index is 299. The Kier molecular flexibility index (Phi) is 3.29. The van der Waals surface area contributed by atoms with Crippen molar-refractivity contribution in [2.24, 2.45) is 0 Å². The quantitative estimate of drug-likeness (QED) is 0.727. The van der Waals surface area contributed by atoms with Crippen LogP contribution in [0, 0.1) is 0 Å². The molecule has 1 saturated heterocycles. The topological polar surface area (TPSA) is 41.1 Å². The van der Waals surface area contributed by atoms with Gasteiger partial charge in [0.25, 0.3) is 0 Å². The maximum atomic E-state index is 5.71. The van der Waals surface area contributed by atoms with Gasteiger partial charge in [-0.3, -0.25) is 4.90 Å². The first-order chi connectivity index (χ1) is 6.84. The SMILES string of the molecule is Clc1nccc(CN2CCNCC2)n1. The second-order valence-electron chi connectivity index (χ2n) is 3.34. The molecule has 2 heterocycles. The van der Waals surface area contributed by atoms with E-state index in [4.69, 9.17) is 11.6 Å². The molecule has 0 saturated carbocycles. The fourth-order valence-corrected chi connectivity index (χ4v) is 1.72. The van der Waals surface area contributed by atoms with E-state index < -0.39 is 0 Å². The van der Waals surface area contributed by atoms with Gasteiger partial charge < -0.3 is 5.32 Å². The van der Waals surface area contributed by atoms with Gasteiger partial charge in [0, 0.05) is 38.9 Å². The van der Waals surface area contributed by atoms with E-state index in [1.807, 2.05) is 6.07 Å².